The number of nitro groups is 1. The molecule has 0 aliphatic carbocycles. The number of aromatic amines is 1. The fourth-order valence-corrected chi connectivity index (χ4v) is 2.06. The fraction of sp³-hybridized carbons (Fsp3) is 0.385. The van der Waals surface area contributed by atoms with E-state index in [1.54, 1.807) is 13.8 Å². The van der Waals surface area contributed by atoms with E-state index in [9.17, 15) is 10.1 Å². The highest BCUT2D eigenvalue weighted by Gasteiger charge is 2.32. The van der Waals surface area contributed by atoms with Gasteiger partial charge in [-0.3, -0.25) is 10.1 Å². The van der Waals surface area contributed by atoms with Crippen LogP contribution in [-0.2, 0) is 6.42 Å². The van der Waals surface area contributed by atoms with Crippen LogP contribution in [0.25, 0.3) is 10.9 Å². The molecule has 0 aliphatic heterocycles. The third-order valence-corrected chi connectivity index (χ3v) is 3.13. The molecule has 1 aromatic heterocycles. The van der Waals surface area contributed by atoms with Gasteiger partial charge >= 0.3 is 0 Å². The van der Waals surface area contributed by atoms with E-state index >= 15 is 0 Å². The van der Waals surface area contributed by atoms with Crippen LogP contribution in [0.3, 0.4) is 0 Å². The minimum atomic E-state index is -0.935. The van der Waals surface area contributed by atoms with Crippen LogP contribution in [0, 0.1) is 17.0 Å². The number of benzene rings is 1. The summed E-state index contributed by atoms with van der Waals surface area (Å²) >= 11 is 0. The Hall–Kier alpha value is -1.84. The minimum Gasteiger partial charge on any atom is -0.358 e. The molecule has 0 radical (unpaired) electrons. The van der Waals surface area contributed by atoms with Crippen LogP contribution in [0.15, 0.2) is 24.3 Å². The summed E-state index contributed by atoms with van der Waals surface area (Å²) in [7, 11) is 0. The van der Waals surface area contributed by atoms with Gasteiger partial charge in [0.1, 0.15) is 0 Å². The second-order valence-corrected chi connectivity index (χ2v) is 5.02. The smallest absolute Gasteiger partial charge is 0.220 e. The van der Waals surface area contributed by atoms with Crippen LogP contribution in [0.1, 0.15) is 25.1 Å². The molecule has 4 nitrogen and oxygen atoms in total. The summed E-state index contributed by atoms with van der Waals surface area (Å²) in [6.07, 6.45) is 0.440. The lowest BCUT2D eigenvalue weighted by Gasteiger charge is -2.15. The van der Waals surface area contributed by atoms with Crippen molar-refractivity contribution in [2.24, 2.45) is 0 Å². The van der Waals surface area contributed by atoms with Crippen molar-refractivity contribution in [3.63, 3.8) is 0 Å². The van der Waals surface area contributed by atoms with Crippen molar-refractivity contribution in [2.45, 2.75) is 32.7 Å². The molecule has 0 saturated heterocycles. The standard InChI is InChI=1S/C13H16N2O2/c1-9-11(8-13(2,3)15(16)17)10-6-4-5-7-12(10)14-9/h4-7,14H,8H2,1-3H3. The van der Waals surface area contributed by atoms with Crippen molar-refractivity contribution in [1.82, 2.24) is 4.98 Å². The maximum Gasteiger partial charge on any atom is 0.220 e. The van der Waals surface area contributed by atoms with E-state index in [-0.39, 0.29) is 4.92 Å². The van der Waals surface area contributed by atoms with Crippen molar-refractivity contribution >= 4 is 10.9 Å². The molecular formula is C13H16N2O2. The number of rotatable bonds is 3. The summed E-state index contributed by atoms with van der Waals surface area (Å²) in [5, 5.41) is 12.1. The first kappa shape index (κ1) is 11.6. The maximum atomic E-state index is 11.0. The van der Waals surface area contributed by atoms with E-state index in [0.717, 1.165) is 22.2 Å². The molecule has 17 heavy (non-hydrogen) atoms. The largest absolute Gasteiger partial charge is 0.358 e. The highest BCUT2D eigenvalue weighted by Crippen LogP contribution is 2.26. The Labute approximate surface area is 99.8 Å². The number of fused-ring (bicyclic) bond motifs is 1. The van der Waals surface area contributed by atoms with Crippen LogP contribution in [0.4, 0.5) is 0 Å². The molecule has 0 bridgehead atoms. The predicted molar refractivity (Wildman–Crippen MR) is 67.8 cm³/mol. The van der Waals surface area contributed by atoms with Crippen molar-refractivity contribution in [3.05, 3.63) is 45.6 Å². The third-order valence-electron chi connectivity index (χ3n) is 3.13. The zero-order chi connectivity index (χ0) is 12.6. The predicted octanol–water partition coefficient (Wildman–Crippen LogP) is 3.07. The second-order valence-electron chi connectivity index (χ2n) is 5.02. The molecule has 0 amide bonds. The van der Waals surface area contributed by atoms with Gasteiger partial charge in [0.2, 0.25) is 5.54 Å². The Bertz CT molecular complexity index is 570. The summed E-state index contributed by atoms with van der Waals surface area (Å²) in [6, 6.07) is 7.91. The average molecular weight is 232 g/mol. The summed E-state index contributed by atoms with van der Waals surface area (Å²) < 4.78 is 0. The van der Waals surface area contributed by atoms with Gasteiger partial charge in [0, 0.05) is 41.8 Å². The Kier molecular flexibility index (Phi) is 2.65. The van der Waals surface area contributed by atoms with Crippen molar-refractivity contribution < 1.29 is 4.92 Å². The molecule has 0 atom stereocenters. The number of para-hydroxylation sites is 1. The summed E-state index contributed by atoms with van der Waals surface area (Å²) in [5.74, 6) is 0. The Morgan fingerprint density at radius 2 is 2.00 bits per heavy atom. The van der Waals surface area contributed by atoms with Gasteiger partial charge in [0.05, 0.1) is 0 Å². The first-order chi connectivity index (χ1) is 7.92. The van der Waals surface area contributed by atoms with Gasteiger partial charge in [-0.15, -0.1) is 0 Å². The molecule has 0 aliphatic rings. The number of nitrogens with one attached hydrogen (secondary N) is 1. The highest BCUT2D eigenvalue weighted by atomic mass is 16.6. The maximum absolute atomic E-state index is 11.0. The summed E-state index contributed by atoms with van der Waals surface area (Å²) in [4.78, 5) is 14.0. The normalized spacial score (nSPS) is 11.9. The molecule has 2 aromatic rings. The molecule has 0 fully saturated rings. The monoisotopic (exact) mass is 232 g/mol. The van der Waals surface area contributed by atoms with Gasteiger partial charge in [-0.1, -0.05) is 18.2 Å². The molecule has 90 valence electrons. The molecule has 1 heterocycles. The van der Waals surface area contributed by atoms with Gasteiger partial charge in [-0.25, -0.2) is 0 Å². The highest BCUT2D eigenvalue weighted by molar-refractivity contribution is 5.84. The fourth-order valence-electron chi connectivity index (χ4n) is 2.06. The summed E-state index contributed by atoms with van der Waals surface area (Å²) in [6.45, 7) is 5.29. The topological polar surface area (TPSA) is 58.9 Å². The van der Waals surface area contributed by atoms with Crippen LogP contribution in [0.2, 0.25) is 0 Å². The molecule has 4 heteroatoms. The molecule has 2 rings (SSSR count). The van der Waals surface area contributed by atoms with Gasteiger partial charge in [-0.2, -0.15) is 0 Å². The Balaban J connectivity index is 2.49. The van der Waals surface area contributed by atoms with E-state index in [1.807, 2.05) is 31.2 Å². The lowest BCUT2D eigenvalue weighted by molar-refractivity contribution is -0.560. The Morgan fingerprint density at radius 1 is 1.35 bits per heavy atom. The third kappa shape index (κ3) is 2.02. The van der Waals surface area contributed by atoms with E-state index in [1.165, 1.54) is 0 Å². The molecule has 1 aromatic carbocycles. The molecule has 0 unspecified atom stereocenters. The van der Waals surface area contributed by atoms with Gasteiger partial charge in [0.25, 0.3) is 0 Å². The van der Waals surface area contributed by atoms with Crippen molar-refractivity contribution in [1.29, 1.82) is 0 Å². The van der Waals surface area contributed by atoms with Crippen molar-refractivity contribution in [3.8, 4) is 0 Å². The van der Waals surface area contributed by atoms with E-state index in [0.29, 0.717) is 6.42 Å². The minimum absolute atomic E-state index is 0.214. The average Bonchev–Trinajstić information content (AvgIpc) is 2.55. The Morgan fingerprint density at radius 3 is 2.65 bits per heavy atom. The zero-order valence-electron chi connectivity index (χ0n) is 10.3. The molecule has 0 spiro atoms. The number of H-pyrrole nitrogens is 1. The lowest BCUT2D eigenvalue weighted by atomic mass is 9.94. The SMILES string of the molecule is Cc1[nH]c2ccccc2c1CC(C)(C)[N+](=O)[O-]. The summed E-state index contributed by atoms with van der Waals surface area (Å²) in [5.41, 5.74) is 2.16. The number of nitrogens with zero attached hydrogens (tertiary/aromatic N) is 1. The van der Waals surface area contributed by atoms with Crippen LogP contribution in [0.5, 0.6) is 0 Å². The number of aryl methyl sites for hydroxylation is 1. The molecular weight excluding hydrogens is 216 g/mol. The van der Waals surface area contributed by atoms with Gasteiger partial charge < -0.3 is 4.98 Å². The molecule has 1 N–H and O–H groups in total. The zero-order valence-corrected chi connectivity index (χ0v) is 10.3. The lowest BCUT2D eigenvalue weighted by Crippen LogP contribution is -2.33. The quantitative estimate of drug-likeness (QED) is 0.653. The second kappa shape index (κ2) is 3.87. The number of hydrogen-bond acceptors (Lipinski definition) is 2. The van der Waals surface area contributed by atoms with E-state index in [4.69, 9.17) is 0 Å². The molecule has 0 saturated carbocycles. The van der Waals surface area contributed by atoms with Gasteiger partial charge in [0.15, 0.2) is 0 Å². The number of hydrogen-bond donors (Lipinski definition) is 1. The van der Waals surface area contributed by atoms with Crippen LogP contribution in [-0.4, -0.2) is 15.4 Å². The first-order valence-corrected chi connectivity index (χ1v) is 5.62. The van der Waals surface area contributed by atoms with Crippen molar-refractivity contribution in [2.75, 3.05) is 0 Å². The van der Waals surface area contributed by atoms with Gasteiger partial charge in [-0.05, 0) is 18.6 Å². The first-order valence-electron chi connectivity index (χ1n) is 5.62. The van der Waals surface area contributed by atoms with E-state index in [2.05, 4.69) is 4.98 Å². The van der Waals surface area contributed by atoms with E-state index < -0.39 is 5.54 Å². The number of aromatic nitrogens is 1. The van der Waals surface area contributed by atoms with Crippen LogP contribution >= 0.6 is 0 Å². The van der Waals surface area contributed by atoms with Crippen LogP contribution < -0.4 is 0 Å².